The maximum absolute atomic E-state index is 12.5. The quantitative estimate of drug-likeness (QED) is 0.860. The Hall–Kier alpha value is -2.59. The molecule has 0 unspecified atom stereocenters. The minimum absolute atomic E-state index is 0.0575. The highest BCUT2D eigenvalue weighted by molar-refractivity contribution is 6.04. The first-order chi connectivity index (χ1) is 11.6. The molecular weight excluding hydrogens is 302 g/mol. The summed E-state index contributed by atoms with van der Waals surface area (Å²) in [5.74, 6) is 0.278. The van der Waals surface area contributed by atoms with Crippen LogP contribution in [0.15, 0.2) is 60.7 Å². The molecule has 2 aromatic rings. The summed E-state index contributed by atoms with van der Waals surface area (Å²) >= 11 is 0. The summed E-state index contributed by atoms with van der Waals surface area (Å²) in [6.45, 7) is 1.66. The molecule has 0 saturated carbocycles. The number of anilines is 1. The summed E-state index contributed by atoms with van der Waals surface area (Å²) in [6.07, 6.45) is 3.29. The lowest BCUT2D eigenvalue weighted by atomic mass is 9.82. The van der Waals surface area contributed by atoms with Gasteiger partial charge in [0.1, 0.15) is 5.75 Å². The lowest BCUT2D eigenvalue weighted by Gasteiger charge is -2.47. The van der Waals surface area contributed by atoms with E-state index >= 15 is 0 Å². The number of aliphatic hydroxyl groups is 1. The van der Waals surface area contributed by atoms with E-state index < -0.39 is 12.0 Å². The summed E-state index contributed by atoms with van der Waals surface area (Å²) in [6, 6.07) is 17.1. The van der Waals surface area contributed by atoms with Crippen LogP contribution in [0.5, 0.6) is 5.75 Å². The van der Waals surface area contributed by atoms with Crippen molar-refractivity contribution in [3.63, 3.8) is 0 Å². The second-order valence-electron chi connectivity index (χ2n) is 5.93. The van der Waals surface area contributed by atoms with Gasteiger partial charge in [-0.05, 0) is 36.8 Å². The molecular formula is C20H21NO3. The van der Waals surface area contributed by atoms with Crippen molar-refractivity contribution in [2.75, 3.05) is 12.0 Å². The molecule has 3 atom stereocenters. The monoisotopic (exact) mass is 323 g/mol. The van der Waals surface area contributed by atoms with Crippen molar-refractivity contribution in [3.05, 3.63) is 66.2 Å². The van der Waals surface area contributed by atoms with E-state index in [9.17, 15) is 9.90 Å². The molecule has 1 aliphatic rings. The van der Waals surface area contributed by atoms with Crippen LogP contribution in [0.4, 0.5) is 5.69 Å². The molecule has 0 spiro atoms. The van der Waals surface area contributed by atoms with Crippen LogP contribution in [0.2, 0.25) is 0 Å². The van der Waals surface area contributed by atoms with Gasteiger partial charge in [0, 0.05) is 5.69 Å². The van der Waals surface area contributed by atoms with Gasteiger partial charge in [0.25, 0.3) is 0 Å². The van der Waals surface area contributed by atoms with Crippen LogP contribution in [0, 0.1) is 5.92 Å². The highest BCUT2D eigenvalue weighted by atomic mass is 16.5. The highest BCUT2D eigenvalue weighted by Gasteiger charge is 2.48. The van der Waals surface area contributed by atoms with Gasteiger partial charge >= 0.3 is 0 Å². The number of hydrogen-bond acceptors (Lipinski definition) is 3. The van der Waals surface area contributed by atoms with Crippen LogP contribution in [0.1, 0.15) is 12.5 Å². The first kappa shape index (κ1) is 16.3. The van der Waals surface area contributed by atoms with E-state index in [0.717, 1.165) is 17.0 Å². The number of ether oxygens (including phenoxy) is 1. The second kappa shape index (κ2) is 6.89. The third kappa shape index (κ3) is 3.05. The minimum Gasteiger partial charge on any atom is -0.497 e. The molecule has 0 aromatic heterocycles. The molecule has 1 amide bonds. The van der Waals surface area contributed by atoms with Crippen molar-refractivity contribution in [1.29, 1.82) is 0 Å². The third-order valence-electron chi connectivity index (χ3n) is 4.34. The Morgan fingerprint density at radius 1 is 1.12 bits per heavy atom. The van der Waals surface area contributed by atoms with Crippen molar-refractivity contribution in [3.8, 4) is 5.75 Å². The van der Waals surface area contributed by atoms with E-state index in [1.165, 1.54) is 0 Å². The van der Waals surface area contributed by atoms with E-state index in [-0.39, 0.29) is 11.9 Å². The number of carbonyl (C=O) groups excluding carboxylic acids is 1. The summed E-state index contributed by atoms with van der Waals surface area (Å²) in [4.78, 5) is 14.2. The highest BCUT2D eigenvalue weighted by Crippen LogP contribution is 2.36. The zero-order valence-corrected chi connectivity index (χ0v) is 13.8. The number of carbonyl (C=O) groups is 1. The normalized spacial score (nSPS) is 21.6. The molecule has 124 valence electrons. The number of rotatable bonds is 5. The van der Waals surface area contributed by atoms with E-state index in [1.807, 2.05) is 66.7 Å². The Labute approximate surface area is 142 Å². The molecule has 1 heterocycles. The Morgan fingerprint density at radius 2 is 1.79 bits per heavy atom. The van der Waals surface area contributed by atoms with Gasteiger partial charge in [-0.15, -0.1) is 0 Å². The maximum Gasteiger partial charge on any atom is 0.235 e. The van der Waals surface area contributed by atoms with Crippen LogP contribution in [-0.2, 0) is 4.79 Å². The van der Waals surface area contributed by atoms with Crippen LogP contribution in [0.25, 0.3) is 6.08 Å². The second-order valence-corrected chi connectivity index (χ2v) is 5.93. The van der Waals surface area contributed by atoms with Crippen molar-refractivity contribution < 1.29 is 14.6 Å². The average molecular weight is 323 g/mol. The van der Waals surface area contributed by atoms with E-state index in [4.69, 9.17) is 4.74 Å². The fraction of sp³-hybridized carbons (Fsp3) is 0.250. The van der Waals surface area contributed by atoms with Crippen LogP contribution >= 0.6 is 0 Å². The standard InChI is InChI=1S/C20H21NO3/c1-14(22)19-18(13-8-15-6-4-3-5-7-15)21(20(19)23)16-9-11-17(24-2)12-10-16/h3-14,18-19,22H,1-2H3/b13-8+/t14-,18+,19-/m1/s1. The van der Waals surface area contributed by atoms with Crippen molar-refractivity contribution in [2.24, 2.45) is 5.92 Å². The van der Waals surface area contributed by atoms with Gasteiger partial charge < -0.3 is 14.7 Å². The van der Waals surface area contributed by atoms with Crippen molar-refractivity contribution in [2.45, 2.75) is 19.1 Å². The lowest BCUT2D eigenvalue weighted by molar-refractivity contribution is -0.133. The smallest absolute Gasteiger partial charge is 0.235 e. The Bertz CT molecular complexity index is 722. The van der Waals surface area contributed by atoms with Gasteiger partial charge in [0.2, 0.25) is 5.91 Å². The van der Waals surface area contributed by atoms with Crippen LogP contribution in [0.3, 0.4) is 0 Å². The summed E-state index contributed by atoms with van der Waals surface area (Å²) in [5, 5.41) is 9.96. The van der Waals surface area contributed by atoms with E-state index in [1.54, 1.807) is 18.9 Å². The molecule has 1 saturated heterocycles. The first-order valence-electron chi connectivity index (χ1n) is 8.00. The molecule has 0 aliphatic carbocycles. The predicted octanol–water partition coefficient (Wildman–Crippen LogP) is 3.12. The third-order valence-corrected chi connectivity index (χ3v) is 4.34. The molecule has 1 aliphatic heterocycles. The number of benzene rings is 2. The maximum atomic E-state index is 12.5. The largest absolute Gasteiger partial charge is 0.497 e. The van der Waals surface area contributed by atoms with Crippen LogP contribution < -0.4 is 9.64 Å². The molecule has 2 aromatic carbocycles. The number of methoxy groups -OCH3 is 1. The van der Waals surface area contributed by atoms with E-state index in [2.05, 4.69) is 0 Å². The predicted molar refractivity (Wildman–Crippen MR) is 94.9 cm³/mol. The number of amides is 1. The molecule has 1 fully saturated rings. The minimum atomic E-state index is -0.683. The van der Waals surface area contributed by atoms with Gasteiger partial charge in [-0.25, -0.2) is 0 Å². The zero-order valence-electron chi connectivity index (χ0n) is 13.8. The number of nitrogens with zero attached hydrogens (tertiary/aromatic N) is 1. The zero-order chi connectivity index (χ0) is 17.1. The van der Waals surface area contributed by atoms with E-state index in [0.29, 0.717) is 0 Å². The molecule has 24 heavy (non-hydrogen) atoms. The topological polar surface area (TPSA) is 49.8 Å². The molecule has 1 N–H and O–H groups in total. The summed E-state index contributed by atoms with van der Waals surface area (Å²) in [5.41, 5.74) is 1.87. The lowest BCUT2D eigenvalue weighted by Crippen LogP contribution is -2.63. The molecule has 0 radical (unpaired) electrons. The number of β-lactam (4-membered cyclic amide) rings is 1. The number of aliphatic hydroxyl groups excluding tert-OH is 1. The molecule has 4 heteroatoms. The Kier molecular flexibility index (Phi) is 4.67. The van der Waals surface area contributed by atoms with Gasteiger partial charge in [0.15, 0.2) is 0 Å². The Balaban J connectivity index is 1.86. The van der Waals surface area contributed by atoms with Gasteiger partial charge in [0.05, 0.1) is 25.2 Å². The average Bonchev–Trinajstić information content (AvgIpc) is 2.59. The Morgan fingerprint density at radius 3 is 2.38 bits per heavy atom. The fourth-order valence-electron chi connectivity index (χ4n) is 3.05. The van der Waals surface area contributed by atoms with Crippen LogP contribution in [-0.4, -0.2) is 30.3 Å². The van der Waals surface area contributed by atoms with Crippen molar-refractivity contribution in [1.82, 2.24) is 0 Å². The fourth-order valence-corrected chi connectivity index (χ4v) is 3.05. The molecule has 4 nitrogen and oxygen atoms in total. The first-order valence-corrected chi connectivity index (χ1v) is 8.00. The SMILES string of the molecule is COc1ccc(N2C(=O)[C@H]([C@@H](C)O)[C@@H]2/C=C/c2ccccc2)cc1. The number of hydrogen-bond donors (Lipinski definition) is 1. The molecule has 3 rings (SSSR count). The molecule has 0 bridgehead atoms. The van der Waals surface area contributed by atoms with Crippen molar-refractivity contribution >= 4 is 17.7 Å². The summed E-state index contributed by atoms with van der Waals surface area (Å²) < 4.78 is 5.16. The summed E-state index contributed by atoms with van der Waals surface area (Å²) in [7, 11) is 1.61. The van der Waals surface area contributed by atoms with Gasteiger partial charge in [-0.1, -0.05) is 42.5 Å². The van der Waals surface area contributed by atoms with Gasteiger partial charge in [-0.2, -0.15) is 0 Å². The van der Waals surface area contributed by atoms with Gasteiger partial charge in [-0.3, -0.25) is 4.79 Å².